The monoisotopic (exact) mass is 285 g/mol. The van der Waals surface area contributed by atoms with Crippen LogP contribution in [-0.4, -0.2) is 6.54 Å². The second kappa shape index (κ2) is 6.95. The second-order valence-corrected chi connectivity index (χ2v) is 6.63. The third-order valence-corrected chi connectivity index (χ3v) is 3.77. The van der Waals surface area contributed by atoms with E-state index in [-0.39, 0.29) is 5.41 Å². The second-order valence-electron chi connectivity index (χ2n) is 6.63. The Morgan fingerprint density at radius 3 is 2.48 bits per heavy atom. The van der Waals surface area contributed by atoms with Gasteiger partial charge in [0, 0.05) is 12.5 Å². The van der Waals surface area contributed by atoms with Crippen LogP contribution in [0.5, 0.6) is 0 Å². The number of benzene rings is 1. The molecule has 1 unspecified atom stereocenters. The standard InChI is InChI=1S/C19H27NO/c1-5-12-20-18(14-15-9-8-13-21-15)16-10-6-7-11-17(16)19(2,3)4/h6-11,13,18,20H,5,12,14H2,1-4H3. The third kappa shape index (κ3) is 4.21. The van der Waals surface area contributed by atoms with Gasteiger partial charge in [0.25, 0.3) is 0 Å². The molecule has 0 amide bonds. The lowest BCUT2D eigenvalue weighted by molar-refractivity contribution is 0.442. The van der Waals surface area contributed by atoms with Crippen LogP contribution >= 0.6 is 0 Å². The maximum absolute atomic E-state index is 5.55. The van der Waals surface area contributed by atoms with Crippen molar-refractivity contribution >= 4 is 0 Å². The SMILES string of the molecule is CCCNC(Cc1ccco1)c1ccccc1C(C)(C)C. The lowest BCUT2D eigenvalue weighted by Crippen LogP contribution is -2.27. The van der Waals surface area contributed by atoms with Gasteiger partial charge in [0.1, 0.15) is 5.76 Å². The highest BCUT2D eigenvalue weighted by Crippen LogP contribution is 2.31. The average Bonchev–Trinajstić information content (AvgIpc) is 2.95. The summed E-state index contributed by atoms with van der Waals surface area (Å²) in [6, 6.07) is 13.1. The normalized spacial score (nSPS) is 13.3. The average molecular weight is 285 g/mol. The fraction of sp³-hybridized carbons (Fsp3) is 0.474. The lowest BCUT2D eigenvalue weighted by atomic mass is 9.81. The van der Waals surface area contributed by atoms with Gasteiger partial charge in [-0.1, -0.05) is 52.0 Å². The Morgan fingerprint density at radius 2 is 1.86 bits per heavy atom. The summed E-state index contributed by atoms with van der Waals surface area (Å²) in [5, 5.41) is 3.68. The van der Waals surface area contributed by atoms with Crippen molar-refractivity contribution in [3.63, 3.8) is 0 Å². The first-order valence-corrected chi connectivity index (χ1v) is 7.87. The summed E-state index contributed by atoms with van der Waals surface area (Å²) in [4.78, 5) is 0. The van der Waals surface area contributed by atoms with Gasteiger partial charge < -0.3 is 9.73 Å². The molecule has 0 aliphatic carbocycles. The summed E-state index contributed by atoms with van der Waals surface area (Å²) < 4.78 is 5.55. The molecule has 1 N–H and O–H groups in total. The Morgan fingerprint density at radius 1 is 1.10 bits per heavy atom. The summed E-state index contributed by atoms with van der Waals surface area (Å²) in [5.74, 6) is 1.03. The van der Waals surface area contributed by atoms with E-state index >= 15 is 0 Å². The quantitative estimate of drug-likeness (QED) is 0.820. The van der Waals surface area contributed by atoms with E-state index < -0.39 is 0 Å². The maximum Gasteiger partial charge on any atom is 0.105 e. The van der Waals surface area contributed by atoms with Gasteiger partial charge in [-0.05, 0) is 41.6 Å². The van der Waals surface area contributed by atoms with Crippen molar-refractivity contribution in [1.82, 2.24) is 5.32 Å². The molecule has 2 heteroatoms. The minimum Gasteiger partial charge on any atom is -0.469 e. The van der Waals surface area contributed by atoms with Crippen LogP contribution in [0.2, 0.25) is 0 Å². The van der Waals surface area contributed by atoms with Gasteiger partial charge in [-0.25, -0.2) is 0 Å². The molecular weight excluding hydrogens is 258 g/mol. The largest absolute Gasteiger partial charge is 0.469 e. The van der Waals surface area contributed by atoms with Crippen molar-refractivity contribution in [3.05, 3.63) is 59.5 Å². The Kier molecular flexibility index (Phi) is 5.24. The van der Waals surface area contributed by atoms with Crippen LogP contribution in [0.25, 0.3) is 0 Å². The van der Waals surface area contributed by atoms with Crippen LogP contribution in [0.4, 0.5) is 0 Å². The summed E-state index contributed by atoms with van der Waals surface area (Å²) in [7, 11) is 0. The van der Waals surface area contributed by atoms with E-state index in [0.717, 1.165) is 25.1 Å². The van der Waals surface area contributed by atoms with Gasteiger partial charge in [0.15, 0.2) is 0 Å². The molecule has 0 spiro atoms. The number of nitrogens with one attached hydrogen (secondary N) is 1. The van der Waals surface area contributed by atoms with Crippen LogP contribution in [0.15, 0.2) is 47.1 Å². The van der Waals surface area contributed by atoms with Gasteiger partial charge >= 0.3 is 0 Å². The van der Waals surface area contributed by atoms with Gasteiger partial charge in [-0.3, -0.25) is 0 Å². The van der Waals surface area contributed by atoms with Crippen LogP contribution in [-0.2, 0) is 11.8 Å². The van der Waals surface area contributed by atoms with E-state index in [1.807, 2.05) is 6.07 Å². The molecule has 0 aliphatic rings. The van der Waals surface area contributed by atoms with E-state index in [9.17, 15) is 0 Å². The van der Waals surface area contributed by atoms with Crippen molar-refractivity contribution in [3.8, 4) is 0 Å². The molecule has 1 aromatic heterocycles. The van der Waals surface area contributed by atoms with E-state index in [4.69, 9.17) is 4.42 Å². The van der Waals surface area contributed by atoms with Crippen LogP contribution in [0.1, 0.15) is 57.0 Å². The summed E-state index contributed by atoms with van der Waals surface area (Å²) in [6.07, 6.45) is 3.77. The van der Waals surface area contributed by atoms with Gasteiger partial charge in [0.05, 0.1) is 6.26 Å². The predicted octanol–water partition coefficient (Wildman–Crippen LogP) is 4.86. The molecule has 0 fully saturated rings. The Balaban J connectivity index is 2.32. The molecule has 2 aromatic rings. The van der Waals surface area contributed by atoms with Crippen LogP contribution in [0, 0.1) is 0 Å². The molecule has 0 saturated carbocycles. The van der Waals surface area contributed by atoms with Crippen molar-refractivity contribution < 1.29 is 4.42 Å². The van der Waals surface area contributed by atoms with Crippen molar-refractivity contribution in [2.24, 2.45) is 0 Å². The van der Waals surface area contributed by atoms with Crippen molar-refractivity contribution in [1.29, 1.82) is 0 Å². The van der Waals surface area contributed by atoms with Crippen LogP contribution in [0.3, 0.4) is 0 Å². The molecule has 0 aliphatic heterocycles. The Labute approximate surface area is 128 Å². The molecular formula is C19H27NO. The highest BCUT2D eigenvalue weighted by Gasteiger charge is 2.23. The zero-order chi connectivity index (χ0) is 15.3. The topological polar surface area (TPSA) is 25.2 Å². The summed E-state index contributed by atoms with van der Waals surface area (Å²) in [5.41, 5.74) is 2.94. The van der Waals surface area contributed by atoms with Gasteiger partial charge in [-0.2, -0.15) is 0 Å². The van der Waals surface area contributed by atoms with E-state index in [0.29, 0.717) is 6.04 Å². The first-order valence-electron chi connectivity index (χ1n) is 7.87. The summed E-state index contributed by atoms with van der Waals surface area (Å²) >= 11 is 0. The van der Waals surface area contributed by atoms with E-state index in [1.165, 1.54) is 11.1 Å². The molecule has 2 nitrogen and oxygen atoms in total. The smallest absolute Gasteiger partial charge is 0.105 e. The highest BCUT2D eigenvalue weighted by atomic mass is 16.3. The maximum atomic E-state index is 5.55. The first kappa shape index (κ1) is 15.8. The molecule has 1 atom stereocenters. The number of hydrogen-bond donors (Lipinski definition) is 1. The molecule has 114 valence electrons. The molecule has 0 saturated heterocycles. The van der Waals surface area contributed by atoms with Gasteiger partial charge in [0.2, 0.25) is 0 Å². The number of hydrogen-bond acceptors (Lipinski definition) is 2. The van der Waals surface area contributed by atoms with E-state index in [2.05, 4.69) is 63.3 Å². The molecule has 0 radical (unpaired) electrons. The molecule has 1 heterocycles. The Bertz CT molecular complexity index is 537. The van der Waals surface area contributed by atoms with E-state index in [1.54, 1.807) is 6.26 Å². The molecule has 2 rings (SSSR count). The fourth-order valence-electron chi connectivity index (χ4n) is 2.72. The minimum atomic E-state index is 0.145. The fourth-order valence-corrected chi connectivity index (χ4v) is 2.72. The van der Waals surface area contributed by atoms with Gasteiger partial charge in [-0.15, -0.1) is 0 Å². The molecule has 21 heavy (non-hydrogen) atoms. The predicted molar refractivity (Wildman–Crippen MR) is 88.6 cm³/mol. The number of rotatable bonds is 6. The zero-order valence-electron chi connectivity index (χ0n) is 13.6. The third-order valence-electron chi connectivity index (χ3n) is 3.77. The lowest BCUT2D eigenvalue weighted by Gasteiger charge is -2.28. The molecule has 1 aromatic carbocycles. The zero-order valence-corrected chi connectivity index (χ0v) is 13.6. The summed E-state index contributed by atoms with van der Waals surface area (Å²) in [6.45, 7) is 10.0. The highest BCUT2D eigenvalue weighted by molar-refractivity contribution is 5.35. The number of furan rings is 1. The van der Waals surface area contributed by atoms with Crippen molar-refractivity contribution in [2.75, 3.05) is 6.54 Å². The first-order chi connectivity index (χ1) is 10.0. The minimum absolute atomic E-state index is 0.145. The Hall–Kier alpha value is -1.54. The van der Waals surface area contributed by atoms with Crippen LogP contribution < -0.4 is 5.32 Å². The molecule has 0 bridgehead atoms. The van der Waals surface area contributed by atoms with Crippen molar-refractivity contribution in [2.45, 2.75) is 52.0 Å².